The standard InChI is InChI=1S/C27H25N5O5/c1-3-36-27(35)23-24(28-13-18-9-10-19-12-21(33)31-20(19)11-18)22-16(2)29-15-30-25(22)32(26(23)34)37-14-17-7-5-4-6-8-17/h4-11,15,28H,3,12-14H2,1-2H3,(H,31,33). The van der Waals surface area contributed by atoms with Crippen molar-refractivity contribution in [2.75, 3.05) is 17.2 Å². The van der Waals surface area contributed by atoms with Crippen LogP contribution >= 0.6 is 0 Å². The third kappa shape index (κ3) is 4.73. The van der Waals surface area contributed by atoms with E-state index in [-0.39, 0.29) is 42.6 Å². The Kier molecular flexibility index (Phi) is 6.55. The minimum Gasteiger partial charge on any atom is -0.462 e. The van der Waals surface area contributed by atoms with Crippen molar-refractivity contribution in [3.8, 4) is 0 Å². The van der Waals surface area contributed by atoms with Crippen LogP contribution in [0.5, 0.6) is 0 Å². The van der Waals surface area contributed by atoms with E-state index in [0.717, 1.165) is 27.1 Å². The number of nitrogens with one attached hydrogen (secondary N) is 2. The Morgan fingerprint density at radius 2 is 1.92 bits per heavy atom. The lowest BCUT2D eigenvalue weighted by Gasteiger charge is -2.19. The number of aromatic nitrogens is 3. The van der Waals surface area contributed by atoms with Gasteiger partial charge in [-0.1, -0.05) is 42.5 Å². The van der Waals surface area contributed by atoms with E-state index in [4.69, 9.17) is 9.57 Å². The summed E-state index contributed by atoms with van der Waals surface area (Å²) in [6.45, 7) is 3.89. The van der Waals surface area contributed by atoms with E-state index in [0.29, 0.717) is 17.5 Å². The number of benzene rings is 2. The lowest BCUT2D eigenvalue weighted by atomic mass is 10.1. The molecule has 0 unspecified atom stereocenters. The van der Waals surface area contributed by atoms with Crippen molar-refractivity contribution < 1.29 is 19.2 Å². The normalized spacial score (nSPS) is 12.2. The topological polar surface area (TPSA) is 124 Å². The zero-order valence-electron chi connectivity index (χ0n) is 20.4. The van der Waals surface area contributed by atoms with Gasteiger partial charge in [0.05, 0.1) is 29.8 Å². The van der Waals surface area contributed by atoms with Crippen LogP contribution in [0, 0.1) is 6.92 Å². The SMILES string of the molecule is CCOC(=O)c1c(NCc2ccc3c(c2)NC(=O)C3)c2c(C)ncnc2n(OCc2ccccc2)c1=O. The number of pyridine rings is 1. The quantitative estimate of drug-likeness (QED) is 0.355. The zero-order valence-corrected chi connectivity index (χ0v) is 20.4. The Morgan fingerprint density at radius 3 is 2.70 bits per heavy atom. The minimum absolute atomic E-state index is 0.0532. The van der Waals surface area contributed by atoms with Gasteiger partial charge in [-0.15, -0.1) is 4.73 Å². The highest BCUT2D eigenvalue weighted by atomic mass is 16.7. The number of anilines is 2. The van der Waals surface area contributed by atoms with Crippen molar-refractivity contribution in [1.29, 1.82) is 0 Å². The summed E-state index contributed by atoms with van der Waals surface area (Å²) in [6, 6.07) is 15.0. The summed E-state index contributed by atoms with van der Waals surface area (Å²) in [5.41, 5.74) is 3.53. The van der Waals surface area contributed by atoms with Crippen LogP contribution in [0.3, 0.4) is 0 Å². The fourth-order valence-electron chi connectivity index (χ4n) is 4.30. The number of carbonyl (C=O) groups excluding carboxylic acids is 2. The predicted octanol–water partition coefficient (Wildman–Crippen LogP) is 3.01. The molecule has 3 heterocycles. The van der Waals surface area contributed by atoms with Gasteiger partial charge in [0.15, 0.2) is 11.2 Å². The van der Waals surface area contributed by atoms with Crippen LogP contribution in [0.1, 0.15) is 39.7 Å². The molecule has 5 rings (SSSR count). The van der Waals surface area contributed by atoms with Gasteiger partial charge >= 0.3 is 11.5 Å². The van der Waals surface area contributed by atoms with Crippen molar-refractivity contribution in [2.24, 2.45) is 0 Å². The van der Waals surface area contributed by atoms with E-state index < -0.39 is 11.5 Å². The molecule has 0 fully saturated rings. The monoisotopic (exact) mass is 499 g/mol. The number of hydrogen-bond acceptors (Lipinski definition) is 8. The van der Waals surface area contributed by atoms with Gasteiger partial charge < -0.3 is 20.2 Å². The second-order valence-corrected chi connectivity index (χ2v) is 8.56. The summed E-state index contributed by atoms with van der Waals surface area (Å²) in [5.74, 6) is -0.832. The number of ether oxygens (including phenoxy) is 1. The van der Waals surface area contributed by atoms with Crippen LogP contribution in [-0.2, 0) is 29.1 Å². The summed E-state index contributed by atoms with van der Waals surface area (Å²) in [7, 11) is 0. The summed E-state index contributed by atoms with van der Waals surface area (Å²) < 4.78 is 6.27. The molecule has 4 aromatic rings. The zero-order chi connectivity index (χ0) is 25.9. The maximum absolute atomic E-state index is 13.6. The first-order chi connectivity index (χ1) is 18.0. The molecule has 2 aromatic carbocycles. The van der Waals surface area contributed by atoms with E-state index in [1.54, 1.807) is 13.8 Å². The van der Waals surface area contributed by atoms with Crippen molar-refractivity contribution in [3.63, 3.8) is 0 Å². The molecule has 0 saturated heterocycles. The Morgan fingerprint density at radius 1 is 1.11 bits per heavy atom. The van der Waals surface area contributed by atoms with Gasteiger partial charge in [0, 0.05) is 12.2 Å². The fraction of sp³-hybridized carbons (Fsp3) is 0.222. The molecule has 10 heteroatoms. The predicted molar refractivity (Wildman–Crippen MR) is 137 cm³/mol. The average Bonchev–Trinajstić information content (AvgIpc) is 3.26. The molecule has 1 amide bonds. The van der Waals surface area contributed by atoms with Gasteiger partial charge in [0.2, 0.25) is 5.91 Å². The van der Waals surface area contributed by atoms with Crippen LogP contribution in [-0.4, -0.2) is 33.2 Å². The van der Waals surface area contributed by atoms with Gasteiger partial charge in [-0.05, 0) is 36.6 Å². The van der Waals surface area contributed by atoms with Gasteiger partial charge in [-0.25, -0.2) is 14.8 Å². The van der Waals surface area contributed by atoms with E-state index in [1.807, 2.05) is 48.5 Å². The van der Waals surface area contributed by atoms with E-state index in [9.17, 15) is 14.4 Å². The number of aryl methyl sites for hydroxylation is 1. The molecule has 2 aromatic heterocycles. The van der Waals surface area contributed by atoms with E-state index in [2.05, 4.69) is 20.6 Å². The Balaban J connectivity index is 1.59. The summed E-state index contributed by atoms with van der Waals surface area (Å²) in [4.78, 5) is 52.9. The van der Waals surface area contributed by atoms with Crippen molar-refractivity contribution in [3.05, 3.63) is 93.2 Å². The summed E-state index contributed by atoms with van der Waals surface area (Å²) in [6.07, 6.45) is 1.69. The molecule has 10 nitrogen and oxygen atoms in total. The first-order valence-corrected chi connectivity index (χ1v) is 11.9. The minimum atomic E-state index is -0.779. The van der Waals surface area contributed by atoms with Gasteiger partial charge in [0.1, 0.15) is 12.9 Å². The van der Waals surface area contributed by atoms with Crippen LogP contribution < -0.4 is 21.0 Å². The Hall–Kier alpha value is -4.73. The molecule has 1 aliphatic heterocycles. The molecular weight excluding hydrogens is 474 g/mol. The van der Waals surface area contributed by atoms with Crippen LogP contribution in [0.2, 0.25) is 0 Å². The second-order valence-electron chi connectivity index (χ2n) is 8.56. The lowest BCUT2D eigenvalue weighted by Crippen LogP contribution is -2.34. The van der Waals surface area contributed by atoms with Crippen molar-refractivity contribution in [1.82, 2.24) is 14.7 Å². The summed E-state index contributed by atoms with van der Waals surface area (Å²) in [5, 5.41) is 6.53. The number of amides is 1. The molecule has 1 aliphatic rings. The number of rotatable bonds is 8. The van der Waals surface area contributed by atoms with Gasteiger partial charge in [-0.2, -0.15) is 0 Å². The molecule has 37 heavy (non-hydrogen) atoms. The Bertz CT molecular complexity index is 1570. The summed E-state index contributed by atoms with van der Waals surface area (Å²) >= 11 is 0. The highest BCUT2D eigenvalue weighted by Crippen LogP contribution is 2.29. The van der Waals surface area contributed by atoms with Crippen LogP contribution in [0.25, 0.3) is 11.0 Å². The fourth-order valence-corrected chi connectivity index (χ4v) is 4.30. The Labute approximate surface area is 212 Å². The maximum atomic E-state index is 13.6. The number of fused-ring (bicyclic) bond motifs is 2. The van der Waals surface area contributed by atoms with E-state index in [1.165, 1.54) is 6.33 Å². The van der Waals surface area contributed by atoms with Crippen LogP contribution in [0.15, 0.2) is 59.7 Å². The first kappa shape index (κ1) is 24.0. The highest BCUT2D eigenvalue weighted by Gasteiger charge is 2.27. The average molecular weight is 500 g/mol. The number of hydrogen-bond donors (Lipinski definition) is 2. The molecule has 0 spiro atoms. The molecule has 0 radical (unpaired) electrons. The van der Waals surface area contributed by atoms with E-state index >= 15 is 0 Å². The van der Waals surface area contributed by atoms with Crippen molar-refractivity contribution in [2.45, 2.75) is 33.4 Å². The smallest absolute Gasteiger partial charge is 0.346 e. The second kappa shape index (κ2) is 10.1. The van der Waals surface area contributed by atoms with Gasteiger partial charge in [-0.3, -0.25) is 9.59 Å². The van der Waals surface area contributed by atoms with Crippen LogP contribution in [0.4, 0.5) is 11.4 Å². The molecule has 0 aliphatic carbocycles. The maximum Gasteiger partial charge on any atom is 0.346 e. The number of esters is 1. The molecule has 0 atom stereocenters. The lowest BCUT2D eigenvalue weighted by molar-refractivity contribution is -0.115. The first-order valence-electron chi connectivity index (χ1n) is 11.9. The molecule has 2 N–H and O–H groups in total. The third-order valence-corrected chi connectivity index (χ3v) is 6.06. The highest BCUT2D eigenvalue weighted by molar-refractivity contribution is 6.05. The number of carbonyl (C=O) groups is 2. The van der Waals surface area contributed by atoms with Gasteiger partial charge in [0.25, 0.3) is 0 Å². The molecular formula is C27H25N5O5. The largest absolute Gasteiger partial charge is 0.462 e. The molecule has 188 valence electrons. The number of nitrogens with zero attached hydrogens (tertiary/aromatic N) is 3. The molecule has 0 saturated carbocycles. The molecule has 0 bridgehead atoms. The van der Waals surface area contributed by atoms with Crippen molar-refractivity contribution >= 4 is 34.3 Å². The third-order valence-electron chi connectivity index (χ3n) is 6.06.